The summed E-state index contributed by atoms with van der Waals surface area (Å²) in [5.41, 5.74) is 5.39. The highest BCUT2D eigenvalue weighted by Crippen LogP contribution is 2.24. The number of aryl methyl sites for hydroxylation is 1. The second-order valence-electron chi connectivity index (χ2n) is 5.72. The lowest BCUT2D eigenvalue weighted by molar-refractivity contribution is -0.385. The Labute approximate surface area is 158 Å². The maximum Gasteiger partial charge on any atom is 0.282 e. The van der Waals surface area contributed by atoms with Crippen molar-refractivity contribution in [3.05, 3.63) is 69.9 Å². The number of thioether (sulfide) groups is 1. The summed E-state index contributed by atoms with van der Waals surface area (Å²) in [7, 11) is 1.81. The summed E-state index contributed by atoms with van der Waals surface area (Å²) in [5.74, 6) is -1.27. The van der Waals surface area contributed by atoms with Crippen molar-refractivity contribution in [2.75, 3.05) is 6.26 Å². The third kappa shape index (κ3) is 3.63. The fraction of sp³-hybridized carbons (Fsp3) is 0.111. The number of benzene rings is 2. The van der Waals surface area contributed by atoms with Crippen LogP contribution in [0.2, 0.25) is 0 Å². The molecule has 9 heteroatoms. The van der Waals surface area contributed by atoms with Crippen molar-refractivity contribution in [2.24, 2.45) is 7.05 Å². The van der Waals surface area contributed by atoms with Crippen molar-refractivity contribution in [3.63, 3.8) is 0 Å². The first-order chi connectivity index (χ1) is 12.9. The van der Waals surface area contributed by atoms with Crippen LogP contribution in [-0.2, 0) is 7.05 Å². The van der Waals surface area contributed by atoms with E-state index in [2.05, 4.69) is 10.9 Å². The first-order valence-corrected chi connectivity index (χ1v) is 9.12. The molecule has 27 heavy (non-hydrogen) atoms. The second kappa shape index (κ2) is 7.50. The van der Waals surface area contributed by atoms with Crippen LogP contribution in [0.1, 0.15) is 20.7 Å². The van der Waals surface area contributed by atoms with Gasteiger partial charge in [-0.2, -0.15) is 0 Å². The summed E-state index contributed by atoms with van der Waals surface area (Å²) in [4.78, 5) is 36.1. The Balaban J connectivity index is 1.81. The summed E-state index contributed by atoms with van der Waals surface area (Å²) in [6.07, 6.45) is 3.45. The van der Waals surface area contributed by atoms with E-state index in [1.807, 2.05) is 25.2 Å². The van der Waals surface area contributed by atoms with Crippen LogP contribution in [0, 0.1) is 10.1 Å². The van der Waals surface area contributed by atoms with Crippen LogP contribution in [0.25, 0.3) is 10.9 Å². The number of nitrogens with one attached hydrogen (secondary N) is 2. The van der Waals surface area contributed by atoms with Gasteiger partial charge >= 0.3 is 0 Å². The minimum atomic E-state index is -0.758. The third-order valence-corrected chi connectivity index (χ3v) is 4.80. The molecule has 0 aliphatic carbocycles. The van der Waals surface area contributed by atoms with Crippen LogP contribution in [0.5, 0.6) is 0 Å². The van der Waals surface area contributed by atoms with Crippen molar-refractivity contribution in [1.29, 1.82) is 0 Å². The minimum absolute atomic E-state index is 0.120. The Morgan fingerprint density at radius 1 is 1.07 bits per heavy atom. The maximum atomic E-state index is 12.5. The van der Waals surface area contributed by atoms with Crippen LogP contribution in [0.3, 0.4) is 0 Å². The van der Waals surface area contributed by atoms with E-state index in [0.29, 0.717) is 10.5 Å². The number of nitro benzene ring substituents is 1. The Kier molecular flexibility index (Phi) is 5.13. The van der Waals surface area contributed by atoms with Gasteiger partial charge in [0.2, 0.25) is 0 Å². The number of para-hydroxylation sites is 1. The first-order valence-electron chi connectivity index (χ1n) is 7.89. The molecular formula is C18H16N4O4S. The lowest BCUT2D eigenvalue weighted by Crippen LogP contribution is -2.41. The molecule has 0 aliphatic heterocycles. The van der Waals surface area contributed by atoms with E-state index in [1.165, 1.54) is 23.9 Å². The number of hydrazine groups is 1. The van der Waals surface area contributed by atoms with Crippen molar-refractivity contribution < 1.29 is 14.5 Å². The summed E-state index contributed by atoms with van der Waals surface area (Å²) < 4.78 is 1.80. The Hall–Kier alpha value is -3.33. The van der Waals surface area contributed by atoms with E-state index in [4.69, 9.17) is 0 Å². The zero-order valence-corrected chi connectivity index (χ0v) is 15.4. The molecule has 0 atom stereocenters. The molecular weight excluding hydrogens is 368 g/mol. The van der Waals surface area contributed by atoms with E-state index in [0.717, 1.165) is 10.9 Å². The predicted molar refractivity (Wildman–Crippen MR) is 103 cm³/mol. The van der Waals surface area contributed by atoms with Gasteiger partial charge in [0.15, 0.2) is 0 Å². The monoisotopic (exact) mass is 384 g/mol. The third-order valence-electron chi connectivity index (χ3n) is 4.08. The number of nitro groups is 1. The lowest BCUT2D eigenvalue weighted by atomic mass is 10.1. The molecule has 0 radical (unpaired) electrons. The van der Waals surface area contributed by atoms with E-state index < -0.39 is 16.7 Å². The molecule has 0 saturated carbocycles. The summed E-state index contributed by atoms with van der Waals surface area (Å²) in [5, 5.41) is 11.9. The summed E-state index contributed by atoms with van der Waals surface area (Å²) in [6.45, 7) is 0. The molecule has 1 heterocycles. The predicted octanol–water partition coefficient (Wildman–Crippen LogP) is 2.88. The highest BCUT2D eigenvalue weighted by molar-refractivity contribution is 7.98. The standard InChI is InChI=1S/C18H16N4O4S/c1-21-10-14(12-5-3-4-6-15(12)21)18(24)20-19-17(23)13-9-11(27-2)7-8-16(13)22(25)26/h3-10H,1-2H3,(H,19,23)(H,20,24). The van der Waals surface area contributed by atoms with Gasteiger partial charge in [-0.1, -0.05) is 18.2 Å². The smallest absolute Gasteiger partial charge is 0.282 e. The molecule has 3 rings (SSSR count). The first kappa shape index (κ1) is 18.5. The molecule has 1 aromatic heterocycles. The number of nitrogens with zero attached hydrogens (tertiary/aromatic N) is 2. The van der Waals surface area contributed by atoms with Gasteiger partial charge in [0.05, 0.1) is 10.5 Å². The topological polar surface area (TPSA) is 106 Å². The SMILES string of the molecule is CSc1ccc([N+](=O)[O-])c(C(=O)NNC(=O)c2cn(C)c3ccccc23)c1. The van der Waals surface area contributed by atoms with Gasteiger partial charge in [-0.05, 0) is 24.5 Å². The average molecular weight is 384 g/mol. The van der Waals surface area contributed by atoms with Gasteiger partial charge in [-0.25, -0.2) is 0 Å². The normalized spacial score (nSPS) is 10.6. The van der Waals surface area contributed by atoms with Crippen molar-refractivity contribution in [3.8, 4) is 0 Å². The Morgan fingerprint density at radius 3 is 2.41 bits per heavy atom. The second-order valence-corrected chi connectivity index (χ2v) is 6.60. The molecule has 0 spiro atoms. The molecule has 2 amide bonds. The molecule has 0 bridgehead atoms. The molecule has 0 saturated heterocycles. The quantitative estimate of drug-likeness (QED) is 0.409. The van der Waals surface area contributed by atoms with Crippen molar-refractivity contribution >= 4 is 40.2 Å². The Bertz CT molecular complexity index is 1060. The zero-order chi connectivity index (χ0) is 19.6. The number of carbonyl (C=O) groups is 2. The summed E-state index contributed by atoms with van der Waals surface area (Å²) in [6, 6.07) is 11.6. The fourth-order valence-corrected chi connectivity index (χ4v) is 3.19. The average Bonchev–Trinajstić information content (AvgIpc) is 3.02. The van der Waals surface area contributed by atoms with Crippen LogP contribution < -0.4 is 10.9 Å². The zero-order valence-electron chi connectivity index (χ0n) is 14.6. The van der Waals surface area contributed by atoms with E-state index in [-0.39, 0.29) is 11.3 Å². The van der Waals surface area contributed by atoms with Crippen LogP contribution in [0.4, 0.5) is 5.69 Å². The highest BCUT2D eigenvalue weighted by atomic mass is 32.2. The molecule has 3 aromatic rings. The molecule has 8 nitrogen and oxygen atoms in total. The number of amides is 2. The number of hydrogen-bond acceptors (Lipinski definition) is 5. The lowest BCUT2D eigenvalue weighted by Gasteiger charge is -2.08. The van der Waals surface area contributed by atoms with Crippen molar-refractivity contribution in [1.82, 2.24) is 15.4 Å². The molecule has 0 aliphatic rings. The van der Waals surface area contributed by atoms with Crippen LogP contribution in [-0.4, -0.2) is 27.6 Å². The Morgan fingerprint density at radius 2 is 1.74 bits per heavy atom. The summed E-state index contributed by atoms with van der Waals surface area (Å²) >= 11 is 1.35. The van der Waals surface area contributed by atoms with Crippen molar-refractivity contribution in [2.45, 2.75) is 4.90 Å². The van der Waals surface area contributed by atoms with Gasteiger partial charge < -0.3 is 4.57 Å². The number of hydrogen-bond donors (Lipinski definition) is 2. The van der Waals surface area contributed by atoms with Gasteiger partial charge in [0.25, 0.3) is 17.5 Å². The minimum Gasteiger partial charge on any atom is -0.350 e. The maximum absolute atomic E-state index is 12.5. The van der Waals surface area contributed by atoms with Gasteiger partial charge in [-0.15, -0.1) is 11.8 Å². The van der Waals surface area contributed by atoms with Gasteiger partial charge in [0.1, 0.15) is 5.56 Å². The number of carbonyl (C=O) groups excluding carboxylic acids is 2. The molecule has 2 N–H and O–H groups in total. The van der Waals surface area contributed by atoms with E-state index in [1.54, 1.807) is 29.2 Å². The largest absolute Gasteiger partial charge is 0.350 e. The molecule has 2 aromatic carbocycles. The number of aromatic nitrogens is 1. The van der Waals surface area contributed by atoms with E-state index >= 15 is 0 Å². The van der Waals surface area contributed by atoms with E-state index in [9.17, 15) is 19.7 Å². The van der Waals surface area contributed by atoms with Crippen LogP contribution in [0.15, 0.2) is 53.6 Å². The molecule has 0 fully saturated rings. The number of rotatable bonds is 4. The molecule has 0 unspecified atom stereocenters. The van der Waals surface area contributed by atoms with Gasteiger partial charge in [0, 0.05) is 35.1 Å². The van der Waals surface area contributed by atoms with Gasteiger partial charge in [-0.3, -0.25) is 30.6 Å². The fourth-order valence-electron chi connectivity index (χ4n) is 2.75. The van der Waals surface area contributed by atoms with Crippen LogP contribution >= 0.6 is 11.8 Å². The molecule has 138 valence electrons. The number of fused-ring (bicyclic) bond motifs is 1. The highest BCUT2D eigenvalue weighted by Gasteiger charge is 2.22.